The van der Waals surface area contributed by atoms with Crippen molar-refractivity contribution in [2.45, 2.75) is 49.9 Å². The molecule has 2 aliphatic heterocycles. The number of carbonyl (C=O) groups is 1. The Hall–Kier alpha value is -2.89. The molecule has 5 rings (SSSR count). The van der Waals surface area contributed by atoms with Crippen molar-refractivity contribution in [3.63, 3.8) is 0 Å². The molecule has 0 bridgehead atoms. The lowest BCUT2D eigenvalue weighted by atomic mass is 10.0. The summed E-state index contributed by atoms with van der Waals surface area (Å²) in [5.41, 5.74) is 11.9. The fraction of sp³-hybridized carbons (Fsp3) is 0.542. The zero-order valence-electron chi connectivity index (χ0n) is 23.9. The van der Waals surface area contributed by atoms with Gasteiger partial charge in [0.05, 0.1) is 25.6 Å². The Morgan fingerprint density at radius 1 is 1.05 bits per heavy atom. The number of nitrogens with zero attached hydrogens (tertiary/aromatic N) is 5. The van der Waals surface area contributed by atoms with Gasteiger partial charge in [0.1, 0.15) is 41.8 Å². The van der Waals surface area contributed by atoms with Crippen LogP contribution in [0, 0.1) is 5.92 Å². The van der Waals surface area contributed by atoms with Gasteiger partial charge in [-0.2, -0.15) is 4.57 Å². The van der Waals surface area contributed by atoms with E-state index in [9.17, 15) is 29.2 Å². The fourth-order valence-electron chi connectivity index (χ4n) is 4.98. The van der Waals surface area contributed by atoms with Crippen molar-refractivity contribution < 1.29 is 56.6 Å². The van der Waals surface area contributed by atoms with Crippen molar-refractivity contribution in [3.05, 3.63) is 42.7 Å². The molecule has 240 valence electrons. The topological polar surface area (TPSA) is 258 Å². The van der Waals surface area contributed by atoms with E-state index in [0.29, 0.717) is 0 Å². The first-order valence-electron chi connectivity index (χ1n) is 13.4. The molecule has 1 amide bonds. The number of pyridine rings is 1. The Labute approximate surface area is 250 Å². The highest BCUT2D eigenvalue weighted by molar-refractivity contribution is 7.66. The normalized spacial score (nSPS) is 31.6. The van der Waals surface area contributed by atoms with E-state index in [4.69, 9.17) is 34.3 Å². The molecule has 0 aliphatic carbocycles. The summed E-state index contributed by atoms with van der Waals surface area (Å²) in [6, 6.07) is 3.10. The SMILES string of the molecule is CC1C(COP(C)(=O)OP(C)(=O)OCC2OC(n3cnc4c(N)ncnc43)C(O)C2O)OC([n+]2cccc(C(N)=O)c2)C1O. The van der Waals surface area contributed by atoms with Crippen LogP contribution in [0.15, 0.2) is 37.2 Å². The van der Waals surface area contributed by atoms with Gasteiger partial charge in [0.25, 0.3) is 12.1 Å². The predicted molar refractivity (Wildman–Crippen MR) is 150 cm³/mol. The van der Waals surface area contributed by atoms with Crippen LogP contribution in [0.25, 0.3) is 11.2 Å². The zero-order valence-corrected chi connectivity index (χ0v) is 25.7. The summed E-state index contributed by atoms with van der Waals surface area (Å²) in [5, 5.41) is 31.9. The number of hydrogen-bond donors (Lipinski definition) is 5. The van der Waals surface area contributed by atoms with Crippen LogP contribution in [0.2, 0.25) is 0 Å². The third-order valence-corrected chi connectivity index (χ3v) is 11.0. The molecule has 5 heterocycles. The first kappa shape index (κ1) is 32.5. The number of aromatic nitrogens is 5. The highest BCUT2D eigenvalue weighted by Crippen LogP contribution is 2.61. The number of rotatable bonds is 11. The third-order valence-electron chi connectivity index (χ3n) is 7.37. The van der Waals surface area contributed by atoms with Crippen LogP contribution in [-0.2, 0) is 32.0 Å². The molecule has 10 unspecified atom stereocenters. The number of anilines is 1. The number of nitrogen functional groups attached to an aromatic ring is 1. The quantitative estimate of drug-likeness (QED) is 0.131. The van der Waals surface area contributed by atoms with E-state index >= 15 is 0 Å². The van der Waals surface area contributed by atoms with Crippen molar-refractivity contribution in [3.8, 4) is 0 Å². The van der Waals surface area contributed by atoms with E-state index in [0.717, 1.165) is 13.3 Å². The minimum absolute atomic E-state index is 0.121. The van der Waals surface area contributed by atoms with Crippen LogP contribution in [0.5, 0.6) is 0 Å². The lowest BCUT2D eigenvalue weighted by molar-refractivity contribution is -0.765. The average Bonchev–Trinajstić information content (AvgIpc) is 3.61. The molecule has 18 nitrogen and oxygen atoms in total. The fourth-order valence-corrected chi connectivity index (χ4v) is 8.35. The number of ether oxygens (including phenoxy) is 2. The van der Waals surface area contributed by atoms with E-state index in [1.807, 2.05) is 0 Å². The maximum Gasteiger partial charge on any atom is 0.334 e. The first-order chi connectivity index (χ1) is 20.7. The standard InChI is InChI=1S/C24H33N7O11P2/c1-12-14(40-23(17(12)32)30-6-4-5-13(7-30)21(26)35)8-38-43(2,36)42-44(3,37)39-9-15-18(33)19(34)24(41-15)31-11-29-16-20(25)27-10-28-22(16)31/h4-7,10-12,14-15,17-19,23-24,32-34H,8-9H2,1-3H3,(H3-,25,26,27,28,35)/p+1. The van der Waals surface area contributed by atoms with Gasteiger partial charge in [-0.15, -0.1) is 0 Å². The number of hydrogen-bond acceptors (Lipinski definition) is 15. The van der Waals surface area contributed by atoms with Crippen LogP contribution >= 0.6 is 15.2 Å². The minimum atomic E-state index is -4.06. The average molecular weight is 659 g/mol. The Morgan fingerprint density at radius 2 is 1.73 bits per heavy atom. The van der Waals surface area contributed by atoms with Gasteiger partial charge < -0.3 is 45.3 Å². The Bertz CT molecular complexity index is 1630. The van der Waals surface area contributed by atoms with E-state index in [1.54, 1.807) is 19.2 Å². The molecule has 3 aromatic heterocycles. The van der Waals surface area contributed by atoms with Gasteiger partial charge in [0.15, 0.2) is 30.1 Å². The highest BCUT2D eigenvalue weighted by atomic mass is 31.3. The highest BCUT2D eigenvalue weighted by Gasteiger charge is 2.48. The van der Waals surface area contributed by atoms with Crippen LogP contribution < -0.4 is 16.0 Å². The number of aliphatic hydroxyl groups excluding tert-OH is 3. The predicted octanol–water partition coefficient (Wildman–Crippen LogP) is -0.296. The van der Waals surface area contributed by atoms with Gasteiger partial charge in [-0.1, -0.05) is 6.92 Å². The van der Waals surface area contributed by atoms with Crippen molar-refractivity contribution in [1.29, 1.82) is 0 Å². The summed E-state index contributed by atoms with van der Waals surface area (Å²) in [4.78, 5) is 23.6. The first-order valence-corrected chi connectivity index (χ1v) is 17.4. The number of imidazole rings is 1. The van der Waals surface area contributed by atoms with Gasteiger partial charge in [-0.3, -0.25) is 18.5 Å². The largest absolute Gasteiger partial charge is 0.387 e. The van der Waals surface area contributed by atoms with E-state index in [2.05, 4.69) is 15.0 Å². The maximum atomic E-state index is 13.1. The molecule has 0 radical (unpaired) electrons. The summed E-state index contributed by atoms with van der Waals surface area (Å²) < 4.78 is 56.8. The molecule has 3 aromatic rings. The molecule has 7 N–H and O–H groups in total. The second kappa shape index (κ2) is 12.5. The minimum Gasteiger partial charge on any atom is -0.387 e. The molecular formula is C24H34N7O11P2+. The summed E-state index contributed by atoms with van der Waals surface area (Å²) in [7, 11) is -8.06. The second-order valence-corrected chi connectivity index (χ2v) is 14.9. The lowest BCUT2D eigenvalue weighted by Crippen LogP contribution is -2.45. The van der Waals surface area contributed by atoms with Crippen LogP contribution in [0.3, 0.4) is 0 Å². The smallest absolute Gasteiger partial charge is 0.334 e. The molecule has 44 heavy (non-hydrogen) atoms. The van der Waals surface area contributed by atoms with E-state index in [-0.39, 0.29) is 29.2 Å². The molecular weight excluding hydrogens is 624 g/mol. The summed E-state index contributed by atoms with van der Waals surface area (Å²) in [6.07, 6.45) is -2.21. The lowest BCUT2D eigenvalue weighted by Gasteiger charge is -2.23. The maximum absolute atomic E-state index is 13.1. The number of primary amides is 1. The Morgan fingerprint density at radius 3 is 2.41 bits per heavy atom. The number of nitrogens with two attached hydrogens (primary N) is 2. The van der Waals surface area contributed by atoms with Crippen LogP contribution in [0.4, 0.5) is 5.82 Å². The van der Waals surface area contributed by atoms with E-state index < -0.39 is 76.6 Å². The van der Waals surface area contributed by atoms with Crippen molar-refractivity contribution in [2.24, 2.45) is 11.7 Å². The van der Waals surface area contributed by atoms with Crippen LogP contribution in [0.1, 0.15) is 29.7 Å². The monoisotopic (exact) mass is 658 g/mol. The zero-order chi connectivity index (χ0) is 32.0. The molecule has 2 fully saturated rings. The van der Waals surface area contributed by atoms with Gasteiger partial charge in [-0.25, -0.2) is 19.3 Å². The Kier molecular flexibility index (Phi) is 9.22. The molecule has 0 spiro atoms. The molecule has 0 saturated carbocycles. The van der Waals surface area contributed by atoms with Crippen molar-refractivity contribution >= 4 is 38.1 Å². The van der Waals surface area contributed by atoms with Crippen molar-refractivity contribution in [2.75, 3.05) is 32.3 Å². The number of aliphatic hydroxyl groups is 3. The summed E-state index contributed by atoms with van der Waals surface area (Å²) >= 11 is 0. The molecule has 0 aromatic carbocycles. The summed E-state index contributed by atoms with van der Waals surface area (Å²) in [5.74, 6) is -1.01. The number of amides is 1. The number of carbonyl (C=O) groups excluding carboxylic acids is 1. The van der Waals surface area contributed by atoms with E-state index in [1.165, 1.54) is 34.1 Å². The van der Waals surface area contributed by atoms with Gasteiger partial charge in [0, 0.05) is 25.3 Å². The molecule has 2 aliphatic rings. The molecule has 10 atom stereocenters. The third kappa shape index (κ3) is 6.70. The van der Waals surface area contributed by atoms with Gasteiger partial charge >= 0.3 is 15.2 Å². The van der Waals surface area contributed by atoms with Gasteiger partial charge in [0.2, 0.25) is 0 Å². The Balaban J connectivity index is 1.16. The second-order valence-electron chi connectivity index (χ2n) is 10.7. The summed E-state index contributed by atoms with van der Waals surface area (Å²) in [6.45, 7) is 3.09. The van der Waals surface area contributed by atoms with Crippen LogP contribution in [-0.4, -0.2) is 97.8 Å². The molecule has 20 heteroatoms. The van der Waals surface area contributed by atoms with Gasteiger partial charge in [-0.05, 0) is 6.07 Å². The van der Waals surface area contributed by atoms with Crippen molar-refractivity contribution in [1.82, 2.24) is 19.5 Å². The number of fused-ring (bicyclic) bond motifs is 1. The molecule has 2 saturated heterocycles.